The van der Waals surface area contributed by atoms with Gasteiger partial charge in [0.1, 0.15) is 0 Å². The molecular formula is C19H19F4N5O2. The number of halogens is 4. The summed E-state index contributed by atoms with van der Waals surface area (Å²) in [5.74, 6) is -0.556. The molecule has 30 heavy (non-hydrogen) atoms. The summed E-state index contributed by atoms with van der Waals surface area (Å²) < 4.78 is 62.9. The SMILES string of the molecule is CN1CCC(n2nc(-c3ccco3)nc2-c2cnc(OCC(F)(F)F)c(F)c2)CC1. The summed E-state index contributed by atoms with van der Waals surface area (Å²) in [4.78, 5) is 10.4. The number of hydrogen-bond acceptors (Lipinski definition) is 6. The summed E-state index contributed by atoms with van der Waals surface area (Å²) >= 11 is 0. The Morgan fingerprint density at radius 2 is 2.03 bits per heavy atom. The van der Waals surface area contributed by atoms with E-state index in [9.17, 15) is 17.6 Å². The van der Waals surface area contributed by atoms with Gasteiger partial charge in [0.15, 0.2) is 24.0 Å². The van der Waals surface area contributed by atoms with Crippen LogP contribution in [0.15, 0.2) is 35.1 Å². The Hall–Kier alpha value is -2.95. The monoisotopic (exact) mass is 425 g/mol. The van der Waals surface area contributed by atoms with Gasteiger partial charge in [0, 0.05) is 11.8 Å². The fourth-order valence-corrected chi connectivity index (χ4v) is 3.33. The van der Waals surface area contributed by atoms with E-state index >= 15 is 0 Å². The highest BCUT2D eigenvalue weighted by molar-refractivity contribution is 5.59. The van der Waals surface area contributed by atoms with Gasteiger partial charge in [-0.3, -0.25) is 0 Å². The Morgan fingerprint density at radius 3 is 2.67 bits per heavy atom. The first-order valence-electron chi connectivity index (χ1n) is 9.34. The quantitative estimate of drug-likeness (QED) is 0.577. The number of hydrogen-bond donors (Lipinski definition) is 0. The second-order valence-corrected chi connectivity index (χ2v) is 7.13. The molecule has 0 N–H and O–H groups in total. The van der Waals surface area contributed by atoms with Gasteiger partial charge in [0.25, 0.3) is 5.88 Å². The molecule has 4 heterocycles. The van der Waals surface area contributed by atoms with Gasteiger partial charge in [0.05, 0.1) is 12.3 Å². The number of nitrogens with zero attached hydrogens (tertiary/aromatic N) is 5. The maximum atomic E-state index is 14.4. The zero-order valence-electron chi connectivity index (χ0n) is 16.1. The minimum absolute atomic E-state index is 0.0385. The van der Waals surface area contributed by atoms with E-state index in [1.807, 2.05) is 7.05 Å². The summed E-state index contributed by atoms with van der Waals surface area (Å²) in [7, 11) is 2.03. The first-order chi connectivity index (χ1) is 14.3. The van der Waals surface area contributed by atoms with Crippen LogP contribution in [0.3, 0.4) is 0 Å². The lowest BCUT2D eigenvalue weighted by atomic mass is 10.1. The smallest absolute Gasteiger partial charge is 0.422 e. The number of piperidine rings is 1. The van der Waals surface area contributed by atoms with Crippen molar-refractivity contribution in [3.8, 4) is 28.9 Å². The highest BCUT2D eigenvalue weighted by Crippen LogP contribution is 2.31. The molecule has 160 valence electrons. The molecule has 0 amide bonds. The minimum Gasteiger partial charge on any atom is -0.466 e. The van der Waals surface area contributed by atoms with E-state index in [0.29, 0.717) is 17.4 Å². The topological polar surface area (TPSA) is 69.2 Å². The summed E-state index contributed by atoms with van der Waals surface area (Å²) in [5, 5.41) is 4.56. The van der Waals surface area contributed by atoms with Crippen molar-refractivity contribution in [1.29, 1.82) is 0 Å². The van der Waals surface area contributed by atoms with Crippen molar-refractivity contribution in [3.05, 3.63) is 36.5 Å². The van der Waals surface area contributed by atoms with Crippen LogP contribution in [0.2, 0.25) is 0 Å². The van der Waals surface area contributed by atoms with Crippen LogP contribution >= 0.6 is 0 Å². The lowest BCUT2D eigenvalue weighted by Crippen LogP contribution is -2.32. The van der Waals surface area contributed by atoms with Gasteiger partial charge in [-0.2, -0.15) is 13.2 Å². The van der Waals surface area contributed by atoms with Crippen LogP contribution in [0.4, 0.5) is 17.6 Å². The second-order valence-electron chi connectivity index (χ2n) is 7.13. The second kappa shape index (κ2) is 8.05. The van der Waals surface area contributed by atoms with Gasteiger partial charge < -0.3 is 14.1 Å². The van der Waals surface area contributed by atoms with Crippen molar-refractivity contribution in [2.24, 2.45) is 0 Å². The molecule has 0 aromatic carbocycles. The minimum atomic E-state index is -4.58. The predicted octanol–water partition coefficient (Wildman–Crippen LogP) is 3.95. The molecule has 11 heteroatoms. The average Bonchev–Trinajstić information content (AvgIpc) is 3.37. The van der Waals surface area contributed by atoms with Gasteiger partial charge in [-0.05, 0) is 51.2 Å². The molecule has 1 aliphatic rings. The van der Waals surface area contributed by atoms with E-state index in [-0.39, 0.29) is 11.6 Å². The number of ether oxygens (including phenoxy) is 1. The molecule has 4 rings (SSSR count). The summed E-state index contributed by atoms with van der Waals surface area (Å²) in [6.07, 6.45) is -0.200. The van der Waals surface area contributed by atoms with Crippen LogP contribution in [0.5, 0.6) is 5.88 Å². The Balaban J connectivity index is 1.67. The third-order valence-corrected chi connectivity index (χ3v) is 4.84. The molecule has 3 aromatic heterocycles. The molecule has 0 atom stereocenters. The van der Waals surface area contributed by atoms with Gasteiger partial charge in [0.2, 0.25) is 5.82 Å². The number of alkyl halides is 3. The molecule has 1 fully saturated rings. The summed E-state index contributed by atoms with van der Waals surface area (Å²) in [6, 6.07) is 4.52. The van der Waals surface area contributed by atoms with Gasteiger partial charge in [-0.1, -0.05) is 0 Å². The van der Waals surface area contributed by atoms with Crippen molar-refractivity contribution < 1.29 is 26.7 Å². The van der Waals surface area contributed by atoms with Crippen LogP contribution in [0.25, 0.3) is 23.0 Å². The zero-order chi connectivity index (χ0) is 21.3. The molecule has 0 unspecified atom stereocenters. The standard InChI is InChI=1S/C19H19F4N5O2/c1-27-6-4-13(5-7-27)28-17(25-16(26-28)15-3-2-8-29-15)12-9-14(20)18(24-10-12)30-11-19(21,22)23/h2-3,8-10,13H,4-7,11H2,1H3. The molecular weight excluding hydrogens is 406 g/mol. The number of likely N-dealkylation sites (tertiary alicyclic amines) is 1. The third kappa shape index (κ3) is 4.45. The largest absolute Gasteiger partial charge is 0.466 e. The number of furan rings is 1. The fraction of sp³-hybridized carbons (Fsp3) is 0.421. The van der Waals surface area contributed by atoms with Crippen LogP contribution in [0.1, 0.15) is 18.9 Å². The van der Waals surface area contributed by atoms with Crippen LogP contribution < -0.4 is 4.74 Å². The highest BCUT2D eigenvalue weighted by Gasteiger charge is 2.30. The number of aromatic nitrogens is 4. The number of rotatable bonds is 5. The molecule has 0 radical (unpaired) electrons. The van der Waals surface area contributed by atoms with E-state index in [2.05, 4.69) is 24.7 Å². The maximum Gasteiger partial charge on any atom is 0.422 e. The van der Waals surface area contributed by atoms with Crippen molar-refractivity contribution in [1.82, 2.24) is 24.6 Å². The van der Waals surface area contributed by atoms with E-state index in [4.69, 9.17) is 4.42 Å². The lowest BCUT2D eigenvalue weighted by molar-refractivity contribution is -0.154. The Morgan fingerprint density at radius 1 is 1.27 bits per heavy atom. The fourth-order valence-electron chi connectivity index (χ4n) is 3.33. The summed E-state index contributed by atoms with van der Waals surface area (Å²) in [6.45, 7) is 0.123. The van der Waals surface area contributed by atoms with E-state index in [0.717, 1.165) is 32.0 Å². The Kier molecular flexibility index (Phi) is 5.46. The molecule has 0 bridgehead atoms. The van der Waals surface area contributed by atoms with Crippen molar-refractivity contribution in [2.45, 2.75) is 25.1 Å². The van der Waals surface area contributed by atoms with Crippen LogP contribution in [-0.4, -0.2) is 57.6 Å². The van der Waals surface area contributed by atoms with Crippen molar-refractivity contribution in [3.63, 3.8) is 0 Å². The van der Waals surface area contributed by atoms with Gasteiger partial charge >= 0.3 is 6.18 Å². The van der Waals surface area contributed by atoms with E-state index in [1.54, 1.807) is 16.8 Å². The van der Waals surface area contributed by atoms with Gasteiger partial charge in [-0.15, -0.1) is 5.10 Å². The average molecular weight is 425 g/mol. The van der Waals surface area contributed by atoms with Crippen LogP contribution in [0, 0.1) is 5.82 Å². The number of pyridine rings is 1. The molecule has 0 aliphatic carbocycles. The summed E-state index contributed by atoms with van der Waals surface area (Å²) in [5.41, 5.74) is 0.288. The van der Waals surface area contributed by atoms with Crippen LogP contribution in [-0.2, 0) is 0 Å². The predicted molar refractivity (Wildman–Crippen MR) is 98.2 cm³/mol. The molecule has 0 spiro atoms. The molecule has 1 aliphatic heterocycles. The van der Waals surface area contributed by atoms with Gasteiger partial charge in [-0.25, -0.2) is 19.0 Å². The zero-order valence-corrected chi connectivity index (χ0v) is 16.1. The Labute approximate surface area is 169 Å². The Bertz CT molecular complexity index is 995. The normalized spacial score (nSPS) is 16.2. The van der Waals surface area contributed by atoms with Crippen molar-refractivity contribution >= 4 is 0 Å². The third-order valence-electron chi connectivity index (χ3n) is 4.84. The maximum absolute atomic E-state index is 14.4. The van der Waals surface area contributed by atoms with E-state index in [1.165, 1.54) is 12.5 Å². The molecule has 7 nitrogen and oxygen atoms in total. The van der Waals surface area contributed by atoms with Crippen molar-refractivity contribution in [2.75, 3.05) is 26.7 Å². The molecule has 1 saturated heterocycles. The first kappa shape index (κ1) is 20.3. The highest BCUT2D eigenvalue weighted by atomic mass is 19.4. The first-order valence-corrected chi connectivity index (χ1v) is 9.34. The molecule has 3 aromatic rings. The lowest BCUT2D eigenvalue weighted by Gasteiger charge is -2.29. The van der Waals surface area contributed by atoms with E-state index < -0.39 is 24.5 Å². The molecule has 0 saturated carbocycles.